The molecule has 3 aromatic rings. The van der Waals surface area contributed by atoms with Gasteiger partial charge in [-0.15, -0.1) is 0 Å². The zero-order chi connectivity index (χ0) is 21.8. The molecule has 8 nitrogen and oxygen atoms in total. The number of H-pyrrole nitrogens is 1. The van der Waals surface area contributed by atoms with Crippen LogP contribution in [0.2, 0.25) is 0 Å². The van der Waals surface area contributed by atoms with E-state index in [4.69, 9.17) is 0 Å². The van der Waals surface area contributed by atoms with E-state index in [9.17, 15) is 19.5 Å². The van der Waals surface area contributed by atoms with Gasteiger partial charge in [0.1, 0.15) is 5.57 Å². The first-order valence-electron chi connectivity index (χ1n) is 9.39. The molecule has 1 aliphatic rings. The number of anilines is 1. The summed E-state index contributed by atoms with van der Waals surface area (Å²) in [5, 5.41) is 16.1. The van der Waals surface area contributed by atoms with E-state index in [0.29, 0.717) is 11.4 Å². The third-order valence-electron chi connectivity index (χ3n) is 4.56. The molecule has 31 heavy (non-hydrogen) atoms. The van der Waals surface area contributed by atoms with Crippen LogP contribution >= 0.6 is 0 Å². The van der Waals surface area contributed by atoms with E-state index in [1.54, 1.807) is 48.5 Å². The highest BCUT2D eigenvalue weighted by Crippen LogP contribution is 2.19. The molecule has 154 valence electrons. The number of benzene rings is 2. The smallest absolute Gasteiger partial charge is 0.282 e. The van der Waals surface area contributed by atoms with E-state index < -0.39 is 23.3 Å². The predicted octanol–water partition coefficient (Wildman–Crippen LogP) is 1.81. The SMILES string of the molecule is O=C1NN(c2ccccc2)C(=O)/C1=C/C=C/C=C/c1c([O-])n(-c2ccccc2)[nH]c1=O. The highest BCUT2D eigenvalue weighted by molar-refractivity contribution is 6.29. The van der Waals surface area contributed by atoms with Gasteiger partial charge < -0.3 is 5.11 Å². The van der Waals surface area contributed by atoms with Crippen molar-refractivity contribution in [1.82, 2.24) is 15.2 Å². The Morgan fingerprint density at radius 2 is 1.45 bits per heavy atom. The lowest BCUT2D eigenvalue weighted by Crippen LogP contribution is -2.35. The molecule has 0 unspecified atom stereocenters. The molecule has 2 heterocycles. The molecule has 1 fully saturated rings. The predicted molar refractivity (Wildman–Crippen MR) is 114 cm³/mol. The van der Waals surface area contributed by atoms with Crippen molar-refractivity contribution < 1.29 is 14.7 Å². The van der Waals surface area contributed by atoms with Crippen molar-refractivity contribution in [2.75, 3.05) is 5.01 Å². The molecule has 1 saturated heterocycles. The van der Waals surface area contributed by atoms with Gasteiger partial charge in [0, 0.05) is 5.88 Å². The average Bonchev–Trinajstić information content (AvgIpc) is 3.24. The lowest BCUT2D eigenvalue weighted by atomic mass is 10.2. The molecule has 1 aromatic heterocycles. The number of amides is 2. The zero-order valence-corrected chi connectivity index (χ0v) is 16.2. The second-order valence-corrected chi connectivity index (χ2v) is 6.57. The summed E-state index contributed by atoms with van der Waals surface area (Å²) in [6, 6.07) is 17.5. The number of para-hydroxylation sites is 2. The Morgan fingerprint density at radius 1 is 0.806 bits per heavy atom. The maximum Gasteiger partial charge on any atom is 0.282 e. The molecule has 0 spiro atoms. The zero-order valence-electron chi connectivity index (χ0n) is 16.2. The Labute approximate surface area is 177 Å². The number of hydrogen-bond donors (Lipinski definition) is 2. The van der Waals surface area contributed by atoms with Crippen LogP contribution in [0.5, 0.6) is 5.88 Å². The number of nitrogens with zero attached hydrogens (tertiary/aromatic N) is 2. The number of aromatic amines is 1. The second-order valence-electron chi connectivity index (χ2n) is 6.57. The van der Waals surface area contributed by atoms with E-state index in [1.807, 2.05) is 12.1 Å². The molecule has 2 N–H and O–H groups in total. The number of hydrazine groups is 1. The summed E-state index contributed by atoms with van der Waals surface area (Å²) in [6.45, 7) is 0. The molecule has 0 atom stereocenters. The van der Waals surface area contributed by atoms with E-state index in [-0.39, 0.29) is 11.1 Å². The lowest BCUT2D eigenvalue weighted by molar-refractivity contribution is -0.278. The third kappa shape index (κ3) is 3.95. The highest BCUT2D eigenvalue weighted by Gasteiger charge is 2.33. The van der Waals surface area contributed by atoms with Gasteiger partial charge in [-0.05, 0) is 36.4 Å². The van der Waals surface area contributed by atoms with Gasteiger partial charge >= 0.3 is 0 Å². The Balaban J connectivity index is 1.49. The minimum atomic E-state index is -0.513. The van der Waals surface area contributed by atoms with Crippen LogP contribution in [0.25, 0.3) is 11.8 Å². The molecule has 4 rings (SSSR count). The monoisotopic (exact) mass is 413 g/mol. The number of carbonyl (C=O) groups excluding carboxylic acids is 2. The molecule has 0 radical (unpaired) electrons. The van der Waals surface area contributed by atoms with Crippen LogP contribution < -0.4 is 21.1 Å². The number of aromatic nitrogens is 2. The van der Waals surface area contributed by atoms with Gasteiger partial charge in [-0.3, -0.25) is 29.6 Å². The molecule has 2 amide bonds. The Morgan fingerprint density at radius 3 is 2.13 bits per heavy atom. The van der Waals surface area contributed by atoms with Crippen LogP contribution in [-0.2, 0) is 9.59 Å². The molecular formula is C23H17N4O4-. The Bertz CT molecular complexity index is 1270. The van der Waals surface area contributed by atoms with Gasteiger partial charge in [0.25, 0.3) is 17.4 Å². The summed E-state index contributed by atoms with van der Waals surface area (Å²) < 4.78 is 1.17. The maximum atomic E-state index is 12.5. The minimum Gasteiger partial charge on any atom is -0.858 e. The van der Waals surface area contributed by atoms with Gasteiger partial charge in [0.15, 0.2) is 0 Å². The Hall–Kier alpha value is -4.59. The number of allylic oxidation sites excluding steroid dienone is 4. The van der Waals surface area contributed by atoms with Crippen LogP contribution in [0.1, 0.15) is 5.56 Å². The van der Waals surface area contributed by atoms with Gasteiger partial charge in [-0.2, -0.15) is 0 Å². The molecule has 1 aliphatic heterocycles. The van der Waals surface area contributed by atoms with Crippen molar-refractivity contribution >= 4 is 23.6 Å². The first-order valence-corrected chi connectivity index (χ1v) is 9.39. The van der Waals surface area contributed by atoms with Gasteiger partial charge in [-0.1, -0.05) is 54.6 Å². The summed E-state index contributed by atoms with van der Waals surface area (Å²) in [7, 11) is 0. The van der Waals surface area contributed by atoms with Crippen molar-refractivity contribution in [3.05, 3.63) is 106 Å². The fourth-order valence-electron chi connectivity index (χ4n) is 3.04. The first-order chi connectivity index (χ1) is 15.1. The fraction of sp³-hybridized carbons (Fsp3) is 0. The van der Waals surface area contributed by atoms with Crippen LogP contribution in [-0.4, -0.2) is 21.6 Å². The summed E-state index contributed by atoms with van der Waals surface area (Å²) in [5.41, 5.74) is 3.06. The van der Waals surface area contributed by atoms with E-state index in [0.717, 1.165) is 0 Å². The van der Waals surface area contributed by atoms with Crippen LogP contribution in [0.4, 0.5) is 5.69 Å². The van der Waals surface area contributed by atoms with Crippen molar-refractivity contribution in [3.8, 4) is 11.6 Å². The van der Waals surface area contributed by atoms with Gasteiger partial charge in [0.05, 0.1) is 16.9 Å². The van der Waals surface area contributed by atoms with E-state index >= 15 is 0 Å². The average molecular weight is 413 g/mol. The van der Waals surface area contributed by atoms with Crippen molar-refractivity contribution in [2.24, 2.45) is 0 Å². The molecule has 0 bridgehead atoms. The second kappa shape index (κ2) is 8.42. The molecular weight excluding hydrogens is 396 g/mol. The number of hydrogen-bond acceptors (Lipinski definition) is 4. The molecule has 0 aliphatic carbocycles. The minimum absolute atomic E-state index is 0.0221. The van der Waals surface area contributed by atoms with Crippen LogP contribution in [0.15, 0.2) is 95.3 Å². The molecule has 0 saturated carbocycles. The quantitative estimate of drug-likeness (QED) is 0.378. The summed E-state index contributed by atoms with van der Waals surface area (Å²) >= 11 is 0. The van der Waals surface area contributed by atoms with Crippen molar-refractivity contribution in [3.63, 3.8) is 0 Å². The number of carbonyl (C=O) groups is 2. The number of nitrogens with one attached hydrogen (secondary N) is 2. The normalized spacial score (nSPS) is 15.5. The standard InChI is InChI=1S/C23H18N4O4/c28-20-18(22(30)26(24-20)16-10-4-1-5-11-16)14-8-3-9-15-19-21(29)25-27(23(19)31)17-12-6-2-7-13-17/h1-15,30H,(H,24,28)(H,25,29)/p-1/b9-3+,14-8+,19-15+. The molecule has 8 heteroatoms. The largest absolute Gasteiger partial charge is 0.858 e. The topological polar surface area (TPSA) is 110 Å². The van der Waals surface area contributed by atoms with Crippen molar-refractivity contribution in [2.45, 2.75) is 0 Å². The van der Waals surface area contributed by atoms with Gasteiger partial charge in [-0.25, -0.2) is 5.01 Å². The van der Waals surface area contributed by atoms with Gasteiger partial charge in [0.2, 0.25) is 0 Å². The molecule has 2 aromatic carbocycles. The van der Waals surface area contributed by atoms with Crippen molar-refractivity contribution in [1.29, 1.82) is 0 Å². The lowest BCUT2D eigenvalue weighted by Gasteiger charge is -2.13. The third-order valence-corrected chi connectivity index (χ3v) is 4.56. The first kappa shape index (κ1) is 19.7. The van der Waals surface area contributed by atoms with Crippen LogP contribution in [0.3, 0.4) is 0 Å². The number of rotatable bonds is 5. The van der Waals surface area contributed by atoms with E-state index in [1.165, 1.54) is 40.1 Å². The van der Waals surface area contributed by atoms with Crippen LogP contribution in [0, 0.1) is 0 Å². The summed E-state index contributed by atoms with van der Waals surface area (Å²) in [5.74, 6) is -1.45. The fourth-order valence-corrected chi connectivity index (χ4v) is 3.04. The summed E-state index contributed by atoms with van der Waals surface area (Å²) in [6.07, 6.45) is 7.26. The maximum absolute atomic E-state index is 12.5. The highest BCUT2D eigenvalue weighted by atomic mass is 16.3. The Kier molecular flexibility index (Phi) is 5.35. The van der Waals surface area contributed by atoms with E-state index in [2.05, 4.69) is 10.5 Å². The summed E-state index contributed by atoms with van der Waals surface area (Å²) in [4.78, 5) is 36.7.